The van der Waals surface area contributed by atoms with Gasteiger partial charge < -0.3 is 21.5 Å². The predicted octanol–water partition coefficient (Wildman–Crippen LogP) is 2.01. The molecule has 0 aliphatic heterocycles. The molecule has 1 atom stereocenters. The molecule has 0 aliphatic rings. The van der Waals surface area contributed by atoms with Gasteiger partial charge in [-0.05, 0) is 32.9 Å². The molecule has 0 heterocycles. The van der Waals surface area contributed by atoms with Crippen LogP contribution in [-0.2, 0) is 0 Å². The number of phenols is 1. The molecule has 1 aromatic carbocycles. The maximum absolute atomic E-state index is 9.98. The normalized spacial score (nSPS) is 11.8. The molecular weight excluding hydrogens is 250 g/mol. The van der Waals surface area contributed by atoms with E-state index < -0.39 is 0 Å². The number of halogens is 1. The summed E-state index contributed by atoms with van der Waals surface area (Å²) in [7, 11) is 0. The third kappa shape index (κ3) is 4.05. The highest BCUT2D eigenvalue weighted by atomic mass is 35.5. The SMILES string of the molecule is CCN(CC)c1ccc([C@@H](N)CCN)c(O)c1.Cl. The molecule has 0 amide bonds. The average molecular weight is 274 g/mol. The van der Waals surface area contributed by atoms with Gasteiger partial charge in [0.25, 0.3) is 0 Å². The Labute approximate surface area is 115 Å². The van der Waals surface area contributed by atoms with Crippen LogP contribution < -0.4 is 16.4 Å². The van der Waals surface area contributed by atoms with Crippen LogP contribution in [0.2, 0.25) is 0 Å². The summed E-state index contributed by atoms with van der Waals surface area (Å²) in [5.74, 6) is 0.260. The van der Waals surface area contributed by atoms with E-state index in [1.807, 2.05) is 12.1 Å². The van der Waals surface area contributed by atoms with Crippen LogP contribution in [0.25, 0.3) is 0 Å². The molecule has 4 nitrogen and oxygen atoms in total. The molecule has 0 fully saturated rings. The minimum Gasteiger partial charge on any atom is -0.508 e. The van der Waals surface area contributed by atoms with Gasteiger partial charge in [-0.2, -0.15) is 0 Å². The Balaban J connectivity index is 0.00000289. The lowest BCUT2D eigenvalue weighted by atomic mass is 10.0. The standard InChI is InChI=1S/C13H23N3O.ClH/c1-3-16(4-2)10-5-6-11(13(17)9-10)12(15)7-8-14;/h5-6,9,12,17H,3-4,7-8,14-15H2,1-2H3;1H/t12-;/m0./s1. The summed E-state index contributed by atoms with van der Waals surface area (Å²) >= 11 is 0. The monoisotopic (exact) mass is 273 g/mol. The lowest BCUT2D eigenvalue weighted by molar-refractivity contribution is 0.459. The van der Waals surface area contributed by atoms with Gasteiger partial charge in [0.1, 0.15) is 5.75 Å². The topological polar surface area (TPSA) is 75.5 Å². The zero-order valence-electron chi connectivity index (χ0n) is 11.1. The molecule has 0 aromatic heterocycles. The summed E-state index contributed by atoms with van der Waals surface area (Å²) < 4.78 is 0. The second-order valence-electron chi connectivity index (χ2n) is 4.10. The van der Waals surface area contributed by atoms with Gasteiger partial charge >= 0.3 is 0 Å². The fourth-order valence-electron chi connectivity index (χ4n) is 1.97. The third-order valence-corrected chi connectivity index (χ3v) is 3.02. The van der Waals surface area contributed by atoms with E-state index in [0.29, 0.717) is 13.0 Å². The number of rotatable bonds is 6. The van der Waals surface area contributed by atoms with E-state index in [1.165, 1.54) is 0 Å². The highest BCUT2D eigenvalue weighted by Gasteiger charge is 2.12. The highest BCUT2D eigenvalue weighted by molar-refractivity contribution is 5.85. The summed E-state index contributed by atoms with van der Waals surface area (Å²) in [4.78, 5) is 2.18. The van der Waals surface area contributed by atoms with Crippen LogP contribution in [0.1, 0.15) is 31.9 Å². The van der Waals surface area contributed by atoms with Gasteiger partial charge in [-0.25, -0.2) is 0 Å². The molecule has 0 radical (unpaired) electrons. The number of hydrogen-bond donors (Lipinski definition) is 3. The van der Waals surface area contributed by atoms with Crippen molar-refractivity contribution < 1.29 is 5.11 Å². The zero-order chi connectivity index (χ0) is 12.8. The Morgan fingerprint density at radius 2 is 1.89 bits per heavy atom. The molecule has 104 valence electrons. The van der Waals surface area contributed by atoms with Gasteiger partial charge in [-0.1, -0.05) is 6.07 Å². The van der Waals surface area contributed by atoms with Crippen molar-refractivity contribution in [1.82, 2.24) is 0 Å². The summed E-state index contributed by atoms with van der Waals surface area (Å²) in [5.41, 5.74) is 13.2. The molecule has 5 heteroatoms. The first kappa shape index (κ1) is 17.0. The van der Waals surface area contributed by atoms with Gasteiger partial charge in [-0.15, -0.1) is 12.4 Å². The van der Waals surface area contributed by atoms with Gasteiger partial charge in [0.05, 0.1) is 0 Å². The van der Waals surface area contributed by atoms with E-state index in [0.717, 1.165) is 24.3 Å². The molecular formula is C13H24ClN3O. The number of nitrogens with two attached hydrogens (primary N) is 2. The molecule has 1 aromatic rings. The number of hydrogen-bond acceptors (Lipinski definition) is 4. The second-order valence-corrected chi connectivity index (χ2v) is 4.10. The molecule has 0 saturated heterocycles. The van der Waals surface area contributed by atoms with E-state index in [2.05, 4.69) is 18.7 Å². The molecule has 0 saturated carbocycles. The van der Waals surface area contributed by atoms with Gasteiger partial charge in [0, 0.05) is 36.4 Å². The Morgan fingerprint density at radius 3 is 2.33 bits per heavy atom. The van der Waals surface area contributed by atoms with Crippen LogP contribution in [0.5, 0.6) is 5.75 Å². The summed E-state index contributed by atoms with van der Waals surface area (Å²) in [6, 6.07) is 5.48. The number of nitrogens with zero attached hydrogens (tertiary/aromatic N) is 1. The first-order chi connectivity index (χ1) is 8.13. The number of phenolic OH excluding ortho intramolecular Hbond substituents is 1. The molecule has 0 bridgehead atoms. The molecule has 5 N–H and O–H groups in total. The van der Waals surface area contributed by atoms with Gasteiger partial charge in [-0.3, -0.25) is 0 Å². The second kappa shape index (κ2) is 8.19. The van der Waals surface area contributed by atoms with Crippen molar-refractivity contribution in [1.29, 1.82) is 0 Å². The minimum atomic E-state index is -0.189. The predicted molar refractivity (Wildman–Crippen MR) is 79.5 cm³/mol. The van der Waals surface area contributed by atoms with Crippen LogP contribution >= 0.6 is 12.4 Å². The van der Waals surface area contributed by atoms with Crippen molar-refractivity contribution in [3.05, 3.63) is 23.8 Å². The van der Waals surface area contributed by atoms with E-state index in [4.69, 9.17) is 11.5 Å². The van der Waals surface area contributed by atoms with Crippen LogP contribution in [0.15, 0.2) is 18.2 Å². The Hall–Kier alpha value is -0.970. The van der Waals surface area contributed by atoms with Gasteiger partial charge in [0.15, 0.2) is 0 Å². The third-order valence-electron chi connectivity index (χ3n) is 3.02. The quantitative estimate of drug-likeness (QED) is 0.741. The average Bonchev–Trinajstić information content (AvgIpc) is 2.31. The first-order valence-electron chi connectivity index (χ1n) is 6.17. The zero-order valence-corrected chi connectivity index (χ0v) is 11.9. The number of anilines is 1. The van der Waals surface area contributed by atoms with E-state index >= 15 is 0 Å². The van der Waals surface area contributed by atoms with Crippen molar-refractivity contribution in [2.45, 2.75) is 26.3 Å². The number of aromatic hydroxyl groups is 1. The smallest absolute Gasteiger partial charge is 0.122 e. The Kier molecular flexibility index (Phi) is 7.75. The van der Waals surface area contributed by atoms with Crippen LogP contribution in [0.4, 0.5) is 5.69 Å². The van der Waals surface area contributed by atoms with E-state index in [9.17, 15) is 5.11 Å². The lowest BCUT2D eigenvalue weighted by Crippen LogP contribution is -2.22. The summed E-state index contributed by atoms with van der Waals surface area (Å²) in [5, 5.41) is 9.98. The molecule has 1 rings (SSSR count). The van der Waals surface area contributed by atoms with Crippen LogP contribution in [0.3, 0.4) is 0 Å². The van der Waals surface area contributed by atoms with Crippen molar-refractivity contribution in [3.8, 4) is 5.75 Å². The summed E-state index contributed by atoms with van der Waals surface area (Å²) in [6.07, 6.45) is 0.679. The molecule has 0 aliphatic carbocycles. The Bertz CT molecular complexity index is 356. The molecule has 18 heavy (non-hydrogen) atoms. The largest absolute Gasteiger partial charge is 0.508 e. The Morgan fingerprint density at radius 1 is 1.28 bits per heavy atom. The maximum Gasteiger partial charge on any atom is 0.122 e. The van der Waals surface area contributed by atoms with Crippen molar-refractivity contribution in [3.63, 3.8) is 0 Å². The van der Waals surface area contributed by atoms with Crippen LogP contribution in [-0.4, -0.2) is 24.7 Å². The maximum atomic E-state index is 9.98. The highest BCUT2D eigenvalue weighted by Crippen LogP contribution is 2.29. The van der Waals surface area contributed by atoms with Crippen molar-refractivity contribution in [2.24, 2.45) is 11.5 Å². The van der Waals surface area contributed by atoms with E-state index in [1.54, 1.807) is 6.07 Å². The lowest BCUT2D eigenvalue weighted by Gasteiger charge is -2.22. The van der Waals surface area contributed by atoms with Crippen molar-refractivity contribution in [2.75, 3.05) is 24.5 Å². The van der Waals surface area contributed by atoms with Crippen LogP contribution in [0, 0.1) is 0 Å². The van der Waals surface area contributed by atoms with Crippen molar-refractivity contribution >= 4 is 18.1 Å². The summed E-state index contributed by atoms with van der Waals surface area (Å²) in [6.45, 7) is 6.55. The fraction of sp³-hybridized carbons (Fsp3) is 0.538. The minimum absolute atomic E-state index is 0. The fourth-order valence-corrected chi connectivity index (χ4v) is 1.97. The molecule has 0 spiro atoms. The number of benzene rings is 1. The van der Waals surface area contributed by atoms with Gasteiger partial charge in [0.2, 0.25) is 0 Å². The van der Waals surface area contributed by atoms with E-state index in [-0.39, 0.29) is 24.2 Å². The first-order valence-corrected chi connectivity index (χ1v) is 6.17. The molecule has 0 unspecified atom stereocenters.